The van der Waals surface area contributed by atoms with Gasteiger partial charge in [-0.05, 0) is 6.92 Å². The Hall–Kier alpha value is -1.53. The first-order valence-electron chi connectivity index (χ1n) is 3.63. The van der Waals surface area contributed by atoms with Crippen LogP contribution in [0.5, 0.6) is 0 Å². The van der Waals surface area contributed by atoms with Gasteiger partial charge in [-0.15, -0.1) is 0 Å². The van der Waals surface area contributed by atoms with Gasteiger partial charge in [-0.1, -0.05) is 0 Å². The molecule has 7 heteroatoms. The molecular weight excluding hydrogens is 201 g/mol. The van der Waals surface area contributed by atoms with Gasteiger partial charge < -0.3 is 5.11 Å². The van der Waals surface area contributed by atoms with Crippen LogP contribution in [0.25, 0.3) is 0 Å². The first-order chi connectivity index (χ1) is 6.29. The Morgan fingerprint density at radius 2 is 2.21 bits per heavy atom. The summed E-state index contributed by atoms with van der Waals surface area (Å²) < 4.78 is 36.2. The maximum Gasteiger partial charge on any atom is 0.408 e. The molecule has 1 heterocycles. The van der Waals surface area contributed by atoms with Gasteiger partial charge in [-0.25, -0.2) is 4.79 Å². The molecule has 0 fully saturated rings. The normalized spacial score (nSPS) is 11.7. The average Bonchev–Trinajstić information content (AvgIpc) is 2.26. The molecule has 0 unspecified atom stereocenters. The van der Waals surface area contributed by atoms with Crippen molar-refractivity contribution in [3.8, 4) is 0 Å². The Morgan fingerprint density at radius 1 is 1.64 bits per heavy atom. The summed E-state index contributed by atoms with van der Waals surface area (Å²) in [7, 11) is 0. The Labute approximate surface area is 77.0 Å². The quantitative estimate of drug-likeness (QED) is 0.800. The van der Waals surface area contributed by atoms with Crippen LogP contribution in [0.1, 0.15) is 16.1 Å². The molecule has 0 amide bonds. The summed E-state index contributed by atoms with van der Waals surface area (Å²) in [5.41, 5.74) is -0.143. The van der Waals surface area contributed by atoms with Crippen LogP contribution in [0.4, 0.5) is 13.2 Å². The molecule has 1 N–H and O–H groups in total. The van der Waals surface area contributed by atoms with E-state index in [1.165, 1.54) is 6.92 Å². The van der Waals surface area contributed by atoms with Crippen molar-refractivity contribution in [2.75, 3.05) is 0 Å². The third-order valence-corrected chi connectivity index (χ3v) is 1.52. The molecule has 0 radical (unpaired) electrons. The molecule has 78 valence electrons. The van der Waals surface area contributed by atoms with Crippen molar-refractivity contribution < 1.29 is 23.1 Å². The predicted molar refractivity (Wildman–Crippen MR) is 40.0 cm³/mol. The van der Waals surface area contributed by atoms with Crippen LogP contribution in [0, 0.1) is 6.92 Å². The molecule has 14 heavy (non-hydrogen) atoms. The summed E-state index contributed by atoms with van der Waals surface area (Å²) >= 11 is 0. The van der Waals surface area contributed by atoms with Crippen LogP contribution in [0.2, 0.25) is 0 Å². The van der Waals surface area contributed by atoms with E-state index in [1.54, 1.807) is 0 Å². The Bertz CT molecular complexity index is 356. The lowest BCUT2D eigenvalue weighted by Gasteiger charge is -2.04. The summed E-state index contributed by atoms with van der Waals surface area (Å²) in [6.45, 7) is 0.0669. The van der Waals surface area contributed by atoms with E-state index in [-0.39, 0.29) is 11.3 Å². The van der Waals surface area contributed by atoms with E-state index in [1.807, 2.05) is 0 Å². The zero-order chi connectivity index (χ0) is 10.9. The fraction of sp³-hybridized carbons (Fsp3) is 0.429. The molecule has 0 aliphatic rings. The van der Waals surface area contributed by atoms with Gasteiger partial charge in [0.1, 0.15) is 12.1 Å². The average molecular weight is 208 g/mol. The molecule has 0 atom stereocenters. The fourth-order valence-electron chi connectivity index (χ4n) is 0.993. The molecule has 0 spiro atoms. The smallest absolute Gasteiger partial charge is 0.408 e. The summed E-state index contributed by atoms with van der Waals surface area (Å²) in [5.74, 6) is -1.28. The molecule has 0 saturated heterocycles. The molecule has 1 rings (SSSR count). The SMILES string of the molecule is Cc1nn(CC(F)(F)F)cc1C(=O)O. The van der Waals surface area contributed by atoms with Crippen molar-refractivity contribution in [1.82, 2.24) is 9.78 Å². The second-order valence-electron chi connectivity index (χ2n) is 2.75. The van der Waals surface area contributed by atoms with Gasteiger partial charge >= 0.3 is 12.1 Å². The van der Waals surface area contributed by atoms with Gasteiger partial charge in [0.2, 0.25) is 0 Å². The summed E-state index contributed by atoms with van der Waals surface area (Å²) in [6.07, 6.45) is -3.53. The van der Waals surface area contributed by atoms with Crippen molar-refractivity contribution in [1.29, 1.82) is 0 Å². The van der Waals surface area contributed by atoms with E-state index in [0.717, 1.165) is 6.20 Å². The molecule has 0 saturated carbocycles. The number of hydrogen-bond donors (Lipinski definition) is 1. The van der Waals surface area contributed by atoms with Crippen LogP contribution in [-0.4, -0.2) is 27.0 Å². The van der Waals surface area contributed by atoms with Gasteiger partial charge in [0.25, 0.3) is 0 Å². The summed E-state index contributed by atoms with van der Waals surface area (Å²) in [6, 6.07) is 0. The highest BCUT2D eigenvalue weighted by molar-refractivity contribution is 5.88. The maximum absolute atomic E-state index is 11.9. The second-order valence-corrected chi connectivity index (χ2v) is 2.75. The molecule has 1 aromatic heterocycles. The first kappa shape index (κ1) is 10.6. The Balaban J connectivity index is 2.92. The first-order valence-corrected chi connectivity index (χ1v) is 3.63. The van der Waals surface area contributed by atoms with Gasteiger partial charge in [0, 0.05) is 6.20 Å². The lowest BCUT2D eigenvalue weighted by molar-refractivity contribution is -0.142. The van der Waals surface area contributed by atoms with Crippen LogP contribution in [0.15, 0.2) is 6.20 Å². The molecule has 1 aromatic rings. The number of aromatic carboxylic acids is 1. The number of hydrogen-bond acceptors (Lipinski definition) is 2. The van der Waals surface area contributed by atoms with E-state index in [4.69, 9.17) is 5.11 Å². The number of nitrogens with zero attached hydrogens (tertiary/aromatic N) is 2. The largest absolute Gasteiger partial charge is 0.478 e. The van der Waals surface area contributed by atoms with E-state index in [0.29, 0.717) is 4.68 Å². The van der Waals surface area contributed by atoms with Crippen molar-refractivity contribution >= 4 is 5.97 Å². The number of alkyl halides is 3. The molecule has 0 aliphatic heterocycles. The number of aromatic nitrogens is 2. The summed E-state index contributed by atoms with van der Waals surface area (Å²) in [4.78, 5) is 10.5. The highest BCUT2D eigenvalue weighted by Crippen LogP contribution is 2.18. The van der Waals surface area contributed by atoms with E-state index in [2.05, 4.69) is 5.10 Å². The van der Waals surface area contributed by atoms with E-state index >= 15 is 0 Å². The van der Waals surface area contributed by atoms with Crippen LogP contribution >= 0.6 is 0 Å². The minimum absolute atomic E-state index is 0.0711. The Kier molecular flexibility index (Phi) is 2.50. The third kappa shape index (κ3) is 2.48. The Morgan fingerprint density at radius 3 is 2.57 bits per heavy atom. The zero-order valence-corrected chi connectivity index (χ0v) is 7.17. The number of carboxylic acid groups (broad SMARTS) is 1. The van der Waals surface area contributed by atoms with Gasteiger partial charge in [-0.3, -0.25) is 4.68 Å². The molecular formula is C7H7F3N2O2. The summed E-state index contributed by atoms with van der Waals surface area (Å²) in [5, 5.41) is 12.0. The maximum atomic E-state index is 11.9. The molecule has 4 nitrogen and oxygen atoms in total. The van der Waals surface area contributed by atoms with Crippen LogP contribution in [-0.2, 0) is 6.54 Å². The van der Waals surface area contributed by atoms with Gasteiger partial charge in [0.05, 0.1) is 5.69 Å². The monoisotopic (exact) mass is 208 g/mol. The number of carboxylic acids is 1. The highest BCUT2D eigenvalue weighted by Gasteiger charge is 2.29. The predicted octanol–water partition coefficient (Wildman–Crippen LogP) is 1.45. The minimum atomic E-state index is -4.39. The van der Waals surface area contributed by atoms with Crippen molar-refractivity contribution in [2.45, 2.75) is 19.6 Å². The van der Waals surface area contributed by atoms with E-state index in [9.17, 15) is 18.0 Å². The van der Waals surface area contributed by atoms with Crippen molar-refractivity contribution in [3.63, 3.8) is 0 Å². The van der Waals surface area contributed by atoms with Crippen LogP contribution in [0.3, 0.4) is 0 Å². The fourth-order valence-corrected chi connectivity index (χ4v) is 0.993. The van der Waals surface area contributed by atoms with Crippen molar-refractivity contribution in [2.24, 2.45) is 0 Å². The number of carbonyl (C=O) groups is 1. The highest BCUT2D eigenvalue weighted by atomic mass is 19.4. The zero-order valence-electron chi connectivity index (χ0n) is 7.17. The lowest BCUT2D eigenvalue weighted by atomic mass is 10.3. The molecule has 0 aliphatic carbocycles. The topological polar surface area (TPSA) is 55.1 Å². The number of aryl methyl sites for hydroxylation is 1. The lowest BCUT2D eigenvalue weighted by Crippen LogP contribution is -2.18. The van der Waals surface area contributed by atoms with Crippen LogP contribution < -0.4 is 0 Å². The van der Waals surface area contributed by atoms with Gasteiger partial charge in [-0.2, -0.15) is 18.3 Å². The van der Waals surface area contributed by atoms with Crippen molar-refractivity contribution in [3.05, 3.63) is 17.5 Å². The minimum Gasteiger partial charge on any atom is -0.478 e. The molecule has 0 aromatic carbocycles. The number of rotatable bonds is 2. The van der Waals surface area contributed by atoms with Gasteiger partial charge in [0.15, 0.2) is 0 Å². The second kappa shape index (κ2) is 3.32. The third-order valence-electron chi connectivity index (χ3n) is 1.52. The molecule has 0 bridgehead atoms. The van der Waals surface area contributed by atoms with E-state index < -0.39 is 18.7 Å². The standard InChI is InChI=1S/C7H7F3N2O2/c1-4-5(6(13)14)2-12(11-4)3-7(8,9)10/h2H,3H2,1H3,(H,13,14). The number of halogens is 3.